The van der Waals surface area contributed by atoms with Gasteiger partial charge in [0.25, 0.3) is 0 Å². The lowest BCUT2D eigenvalue weighted by atomic mass is 9.67. The van der Waals surface area contributed by atoms with Gasteiger partial charge < -0.3 is 34.0 Å². The van der Waals surface area contributed by atoms with Gasteiger partial charge in [0.15, 0.2) is 0 Å². The van der Waals surface area contributed by atoms with Crippen LogP contribution < -0.4 is 10.6 Å². The highest BCUT2D eigenvalue weighted by Gasteiger charge is 2.52. The van der Waals surface area contributed by atoms with Crippen molar-refractivity contribution >= 4 is 11.3 Å². The number of pyridine rings is 2. The van der Waals surface area contributed by atoms with E-state index in [2.05, 4.69) is 72.5 Å². The van der Waals surface area contributed by atoms with Gasteiger partial charge in [0.2, 0.25) is 0 Å². The Morgan fingerprint density at radius 3 is 2.30 bits per heavy atom. The van der Waals surface area contributed by atoms with Crippen LogP contribution in [0, 0.1) is 0 Å². The molecule has 4 aliphatic heterocycles. The van der Waals surface area contributed by atoms with Crippen LogP contribution in [-0.2, 0) is 41.6 Å². The van der Waals surface area contributed by atoms with Crippen LogP contribution in [0.3, 0.4) is 0 Å². The minimum absolute atomic E-state index is 0.000680. The first-order valence-corrected chi connectivity index (χ1v) is 24.1. The van der Waals surface area contributed by atoms with E-state index in [-0.39, 0.29) is 39.7 Å². The predicted molar refractivity (Wildman–Crippen MR) is 235 cm³/mol. The number of thiophene rings is 1. The molecule has 0 aromatic carbocycles. The van der Waals surface area contributed by atoms with Crippen LogP contribution in [-0.4, -0.2) is 73.8 Å². The second-order valence-corrected chi connectivity index (χ2v) is 21.0. The maximum atomic E-state index is 6.87. The van der Waals surface area contributed by atoms with Gasteiger partial charge in [-0.05, 0) is 148 Å². The van der Waals surface area contributed by atoms with Gasteiger partial charge in [-0.25, -0.2) is 0 Å². The minimum atomic E-state index is -0.154. The molecule has 10 heteroatoms. The smallest absolute Gasteiger partial charge is 0.137 e. The summed E-state index contributed by atoms with van der Waals surface area (Å²) in [6.07, 6.45) is 21.3. The Morgan fingerprint density at radius 1 is 0.767 bits per heavy atom. The maximum Gasteiger partial charge on any atom is 0.137 e. The first-order chi connectivity index (χ1) is 29.3. The Bertz CT molecular complexity index is 2050. The number of hydrogen-bond donors (Lipinski definition) is 2. The molecule has 0 amide bonds. The molecule has 0 bridgehead atoms. The van der Waals surface area contributed by atoms with Crippen molar-refractivity contribution in [3.05, 3.63) is 105 Å². The van der Waals surface area contributed by atoms with Crippen LogP contribution in [0.1, 0.15) is 154 Å². The quantitative estimate of drug-likeness (QED) is 0.128. The van der Waals surface area contributed by atoms with E-state index >= 15 is 0 Å². The van der Waals surface area contributed by atoms with Crippen LogP contribution in [0.2, 0.25) is 0 Å². The van der Waals surface area contributed by atoms with Gasteiger partial charge in [-0.3, -0.25) is 9.97 Å². The molecule has 6 atom stereocenters. The van der Waals surface area contributed by atoms with Crippen LogP contribution in [0.15, 0.2) is 70.9 Å². The topological polar surface area (TPSA) is 99.9 Å². The number of ether oxygens (including phenoxy) is 4. The Kier molecular flexibility index (Phi) is 11.6. The van der Waals surface area contributed by atoms with Crippen molar-refractivity contribution in [2.75, 3.05) is 52.6 Å². The average molecular weight is 835 g/mol. The first kappa shape index (κ1) is 41.1. The molecule has 9 nitrogen and oxygen atoms in total. The first-order valence-electron chi connectivity index (χ1n) is 23.2. The van der Waals surface area contributed by atoms with Gasteiger partial charge in [0.05, 0.1) is 30.7 Å². The van der Waals surface area contributed by atoms with E-state index in [1.807, 2.05) is 23.6 Å². The van der Waals surface area contributed by atoms with Crippen molar-refractivity contribution in [2.45, 2.75) is 149 Å². The Balaban J connectivity index is 0.812. The average Bonchev–Trinajstić information content (AvgIpc) is 4.12. The third kappa shape index (κ3) is 8.08. The number of nitrogens with one attached hydrogen (secondary N) is 2. The molecule has 4 fully saturated rings. The zero-order valence-electron chi connectivity index (χ0n) is 36.0. The number of furan rings is 1. The van der Waals surface area contributed by atoms with Crippen molar-refractivity contribution < 1.29 is 23.4 Å². The highest BCUT2D eigenvalue weighted by molar-refractivity contribution is 7.10. The van der Waals surface area contributed by atoms with Crippen molar-refractivity contribution in [1.82, 2.24) is 20.6 Å². The van der Waals surface area contributed by atoms with Crippen LogP contribution >= 0.6 is 11.3 Å². The lowest BCUT2D eigenvalue weighted by molar-refractivity contribution is -0.105. The molecule has 10 rings (SSSR count). The fourth-order valence-electron chi connectivity index (χ4n) is 12.4. The zero-order valence-corrected chi connectivity index (χ0v) is 36.8. The van der Waals surface area contributed by atoms with Crippen LogP contribution in [0.5, 0.6) is 0 Å². The lowest BCUT2D eigenvalue weighted by Gasteiger charge is -2.47. The Hall–Kier alpha value is -2.96. The number of hydrogen-bond acceptors (Lipinski definition) is 10. The summed E-state index contributed by atoms with van der Waals surface area (Å²) in [5.41, 5.74) is 6.43. The van der Waals surface area contributed by atoms with E-state index in [9.17, 15) is 0 Å². The lowest BCUT2D eigenvalue weighted by Crippen LogP contribution is -2.48. The molecular weight excluding hydrogens is 769 g/mol. The van der Waals surface area contributed by atoms with Gasteiger partial charge in [0, 0.05) is 71.2 Å². The van der Waals surface area contributed by atoms with Crippen molar-refractivity contribution in [3.63, 3.8) is 0 Å². The van der Waals surface area contributed by atoms with E-state index in [1.165, 1.54) is 58.6 Å². The van der Waals surface area contributed by atoms with E-state index < -0.39 is 0 Å². The summed E-state index contributed by atoms with van der Waals surface area (Å²) in [7, 11) is 0. The fourth-order valence-corrected chi connectivity index (χ4v) is 13.6. The van der Waals surface area contributed by atoms with E-state index in [0.29, 0.717) is 5.92 Å². The molecule has 322 valence electrons. The van der Waals surface area contributed by atoms with E-state index in [1.54, 1.807) is 6.26 Å². The normalized spacial score (nSPS) is 32.0. The molecule has 4 aromatic heterocycles. The largest absolute Gasteiger partial charge is 0.466 e. The SMILES string of the molecule is CC1(C)COC(CNCC[C@@]2(c3ccc(C4CCC5(C4)C[C@](CCNCC4OCCc6ccoc64)(c4ccccn4)CCO5)cn3)CCOC3(CCCC3)C2)c2sccc21. The van der Waals surface area contributed by atoms with Gasteiger partial charge in [-0.15, -0.1) is 11.3 Å². The number of rotatable bonds is 13. The number of aromatic nitrogens is 2. The predicted octanol–water partition coefficient (Wildman–Crippen LogP) is 9.57. The fraction of sp³-hybridized carbons (Fsp3) is 0.640. The van der Waals surface area contributed by atoms with Gasteiger partial charge in [-0.2, -0.15) is 0 Å². The van der Waals surface area contributed by atoms with Gasteiger partial charge in [0.1, 0.15) is 18.0 Å². The molecule has 6 aliphatic rings. The molecule has 2 spiro atoms. The second kappa shape index (κ2) is 17.0. The summed E-state index contributed by atoms with van der Waals surface area (Å²) >= 11 is 1.84. The maximum absolute atomic E-state index is 6.87. The van der Waals surface area contributed by atoms with E-state index in [0.717, 1.165) is 123 Å². The molecule has 2 saturated heterocycles. The molecule has 60 heavy (non-hydrogen) atoms. The third-order valence-corrected chi connectivity index (χ3v) is 16.7. The van der Waals surface area contributed by atoms with Crippen LogP contribution in [0.25, 0.3) is 0 Å². The minimum Gasteiger partial charge on any atom is -0.466 e. The molecule has 2 aliphatic carbocycles. The van der Waals surface area contributed by atoms with Gasteiger partial charge in [-0.1, -0.05) is 38.8 Å². The van der Waals surface area contributed by atoms with Crippen LogP contribution in [0.4, 0.5) is 0 Å². The monoisotopic (exact) mass is 834 g/mol. The van der Waals surface area contributed by atoms with Crippen molar-refractivity contribution in [1.29, 1.82) is 0 Å². The summed E-state index contributed by atoms with van der Waals surface area (Å²) in [5.74, 6) is 1.42. The third-order valence-electron chi connectivity index (χ3n) is 15.7. The highest BCUT2D eigenvalue weighted by atomic mass is 32.1. The van der Waals surface area contributed by atoms with E-state index in [4.69, 9.17) is 33.3 Å². The Labute approximate surface area is 361 Å². The molecular formula is C50H66N4O5S. The Morgan fingerprint density at radius 2 is 1.53 bits per heavy atom. The number of fused-ring (bicyclic) bond motifs is 2. The summed E-state index contributed by atoms with van der Waals surface area (Å²) in [5, 5.41) is 9.84. The summed E-state index contributed by atoms with van der Waals surface area (Å²) < 4.78 is 31.9. The molecule has 0 radical (unpaired) electrons. The van der Waals surface area contributed by atoms with Crippen molar-refractivity contribution in [3.8, 4) is 0 Å². The second-order valence-electron chi connectivity index (χ2n) is 20.0. The molecule has 4 unspecified atom stereocenters. The summed E-state index contributed by atoms with van der Waals surface area (Å²) in [4.78, 5) is 11.8. The number of nitrogens with zero attached hydrogens (tertiary/aromatic N) is 2. The highest BCUT2D eigenvalue weighted by Crippen LogP contribution is 2.54. The van der Waals surface area contributed by atoms with Gasteiger partial charge >= 0.3 is 0 Å². The zero-order chi connectivity index (χ0) is 40.7. The standard InChI is InChI=1S/C50H66N4O5S/c1-46(2)35-57-41(45-39(46)13-28-60-45)32-52-23-17-47(19-26-58-49(33-47)14-4-5-15-49)43-9-8-38(30-54-43)37-10-16-50(29-37)34-48(20-27-59-50,42-7-3-6-21-53-42)18-22-51-31-40-44-36(11-24-55-40)12-25-56-44/h3,6-9,12-13,21,25,28,30,37,40-41,51-52H,4-5,10-11,14-20,22-24,26-27,29,31-35H2,1-2H3/t37?,40?,41?,47-,48-,50?/m1/s1. The molecule has 4 aromatic rings. The summed E-state index contributed by atoms with van der Waals surface area (Å²) in [6, 6.07) is 15.6. The summed E-state index contributed by atoms with van der Waals surface area (Å²) in [6.45, 7) is 11.1. The molecule has 2 saturated carbocycles. The molecule has 8 heterocycles. The molecule has 2 N–H and O–H groups in total. The van der Waals surface area contributed by atoms with Crippen molar-refractivity contribution in [2.24, 2.45) is 0 Å².